The lowest BCUT2D eigenvalue weighted by atomic mass is 9.98. The van der Waals surface area contributed by atoms with Crippen LogP contribution in [0.1, 0.15) is 26.5 Å². The Bertz CT molecular complexity index is 1280. The van der Waals surface area contributed by atoms with Gasteiger partial charge in [0.25, 0.3) is 0 Å². The van der Waals surface area contributed by atoms with E-state index in [1.54, 1.807) is 73.2 Å². The molecular formula is C24H28Cl2N4O4. The Kier molecular flexibility index (Phi) is 7.05. The molecule has 0 spiro atoms. The Morgan fingerprint density at radius 1 is 1.18 bits per heavy atom. The number of benzene rings is 1. The number of pyridine rings is 1. The number of nitrogens with zero attached hydrogens (tertiary/aromatic N) is 4. The molecule has 0 aliphatic carbocycles. The normalized spacial score (nSPS) is 11.6. The average Bonchev–Trinajstić information content (AvgIpc) is 3.00. The van der Waals surface area contributed by atoms with E-state index in [-0.39, 0.29) is 18.3 Å². The molecule has 0 saturated carbocycles. The number of anilines is 1. The Morgan fingerprint density at radius 3 is 2.38 bits per heavy atom. The number of carbonyl (C=O) groups excluding carboxylic acids is 2. The van der Waals surface area contributed by atoms with Gasteiger partial charge in [-0.25, -0.2) is 9.78 Å². The van der Waals surface area contributed by atoms with E-state index in [2.05, 4.69) is 4.98 Å². The van der Waals surface area contributed by atoms with Gasteiger partial charge in [0.05, 0.1) is 22.3 Å². The summed E-state index contributed by atoms with van der Waals surface area (Å²) in [5.41, 5.74) is 1.68. The maximum atomic E-state index is 13.0. The van der Waals surface area contributed by atoms with E-state index in [0.717, 1.165) is 0 Å². The molecule has 0 atom stereocenters. The Morgan fingerprint density at radius 2 is 1.82 bits per heavy atom. The van der Waals surface area contributed by atoms with Crippen LogP contribution in [0.25, 0.3) is 22.0 Å². The van der Waals surface area contributed by atoms with Gasteiger partial charge in [-0.05, 0) is 39.8 Å². The van der Waals surface area contributed by atoms with Gasteiger partial charge in [0, 0.05) is 48.5 Å². The van der Waals surface area contributed by atoms with E-state index in [1.807, 2.05) is 0 Å². The van der Waals surface area contributed by atoms with Crippen molar-refractivity contribution >= 4 is 51.8 Å². The number of hydrogen-bond donors (Lipinski definition) is 1. The second kappa shape index (κ2) is 9.35. The van der Waals surface area contributed by atoms with Crippen molar-refractivity contribution in [2.24, 2.45) is 0 Å². The number of aryl methyl sites for hydroxylation is 1. The number of rotatable bonds is 4. The SMILES string of the molecule is Cc1nc2cn(CC(=O)N(C)C)c(O)c2c(-c2ccc(Cl)cc2Cl)c1N(C)C(=O)OC(C)(C)C. The molecule has 2 heterocycles. The molecule has 0 aliphatic rings. The van der Waals surface area contributed by atoms with Crippen LogP contribution in [0, 0.1) is 6.92 Å². The van der Waals surface area contributed by atoms with Gasteiger partial charge in [-0.1, -0.05) is 29.3 Å². The van der Waals surface area contributed by atoms with E-state index in [9.17, 15) is 14.7 Å². The molecule has 8 nitrogen and oxygen atoms in total. The zero-order chi connectivity index (χ0) is 25.5. The van der Waals surface area contributed by atoms with Crippen LogP contribution in [-0.2, 0) is 16.1 Å². The number of aromatic nitrogens is 2. The lowest BCUT2D eigenvalue weighted by Gasteiger charge is -2.27. The molecule has 0 aliphatic heterocycles. The lowest BCUT2D eigenvalue weighted by molar-refractivity contribution is -0.129. The van der Waals surface area contributed by atoms with Crippen molar-refractivity contribution in [3.05, 3.63) is 40.1 Å². The highest BCUT2D eigenvalue weighted by Gasteiger charge is 2.29. The molecule has 2 aromatic heterocycles. The minimum atomic E-state index is -0.715. The van der Waals surface area contributed by atoms with Crippen molar-refractivity contribution in [3.63, 3.8) is 0 Å². The van der Waals surface area contributed by atoms with E-state index in [4.69, 9.17) is 27.9 Å². The highest BCUT2D eigenvalue weighted by molar-refractivity contribution is 6.37. The topological polar surface area (TPSA) is 87.9 Å². The molecule has 10 heteroatoms. The van der Waals surface area contributed by atoms with Crippen molar-refractivity contribution in [1.29, 1.82) is 0 Å². The summed E-state index contributed by atoms with van der Waals surface area (Å²) >= 11 is 12.7. The number of ether oxygens (including phenoxy) is 1. The van der Waals surface area contributed by atoms with Gasteiger partial charge >= 0.3 is 6.09 Å². The molecule has 2 amide bonds. The average molecular weight is 507 g/mol. The largest absolute Gasteiger partial charge is 0.494 e. The summed E-state index contributed by atoms with van der Waals surface area (Å²) in [7, 11) is 4.84. The molecule has 0 radical (unpaired) electrons. The fourth-order valence-corrected chi connectivity index (χ4v) is 4.09. The van der Waals surface area contributed by atoms with Crippen LogP contribution >= 0.6 is 23.2 Å². The molecule has 3 rings (SSSR count). The third-order valence-corrected chi connectivity index (χ3v) is 5.70. The van der Waals surface area contributed by atoms with E-state index in [0.29, 0.717) is 43.5 Å². The van der Waals surface area contributed by atoms with Crippen LogP contribution in [0.4, 0.5) is 10.5 Å². The third kappa shape index (κ3) is 5.08. The smallest absolute Gasteiger partial charge is 0.414 e. The van der Waals surface area contributed by atoms with Crippen molar-refractivity contribution in [1.82, 2.24) is 14.5 Å². The molecule has 1 N–H and O–H groups in total. The molecule has 0 saturated heterocycles. The van der Waals surface area contributed by atoms with Crippen molar-refractivity contribution in [2.75, 3.05) is 26.0 Å². The predicted molar refractivity (Wildman–Crippen MR) is 135 cm³/mol. The second-order valence-electron chi connectivity index (χ2n) is 9.21. The van der Waals surface area contributed by atoms with Gasteiger partial charge in [0.15, 0.2) is 0 Å². The van der Waals surface area contributed by atoms with Crippen molar-refractivity contribution in [3.8, 4) is 17.0 Å². The second-order valence-corrected chi connectivity index (χ2v) is 10.1. The van der Waals surface area contributed by atoms with E-state index in [1.165, 1.54) is 14.4 Å². The zero-order valence-electron chi connectivity index (χ0n) is 20.2. The molecular weight excluding hydrogens is 479 g/mol. The quantitative estimate of drug-likeness (QED) is 0.505. The summed E-state index contributed by atoms with van der Waals surface area (Å²) in [6.45, 7) is 6.99. The monoisotopic (exact) mass is 506 g/mol. The number of likely N-dealkylation sites (N-methyl/N-ethyl adjacent to an activating group) is 1. The summed E-state index contributed by atoms with van der Waals surface area (Å²) in [4.78, 5) is 32.7. The Hall–Kier alpha value is -2.97. The Balaban J connectivity index is 2.35. The van der Waals surface area contributed by atoms with Crippen LogP contribution in [0.3, 0.4) is 0 Å². The van der Waals surface area contributed by atoms with Crippen LogP contribution < -0.4 is 4.90 Å². The number of carbonyl (C=O) groups is 2. The fourth-order valence-electron chi connectivity index (χ4n) is 3.58. The molecule has 1 aromatic carbocycles. The summed E-state index contributed by atoms with van der Waals surface area (Å²) in [5, 5.41) is 12.3. The van der Waals surface area contributed by atoms with Gasteiger partial charge < -0.3 is 19.3 Å². The first-order valence-electron chi connectivity index (χ1n) is 10.6. The predicted octanol–water partition coefficient (Wildman–Crippen LogP) is 5.48. The third-order valence-electron chi connectivity index (χ3n) is 5.16. The number of amides is 2. The number of fused-ring (bicyclic) bond motifs is 1. The van der Waals surface area contributed by atoms with Crippen molar-refractivity contribution in [2.45, 2.75) is 39.8 Å². The van der Waals surface area contributed by atoms with Crippen LogP contribution in [0.2, 0.25) is 10.0 Å². The standard InChI is InChI=1S/C24H28Cl2N4O4/c1-13-21(29(7)23(33)34-24(2,3)4)19(15-9-8-14(25)10-16(15)26)20-17(27-13)11-30(22(20)32)12-18(31)28(5)6/h8-11,32H,12H2,1-7H3. The molecule has 0 fully saturated rings. The van der Waals surface area contributed by atoms with Crippen molar-refractivity contribution < 1.29 is 19.4 Å². The van der Waals surface area contributed by atoms with Crippen LogP contribution in [-0.4, -0.2) is 58.3 Å². The maximum Gasteiger partial charge on any atom is 0.414 e. The van der Waals surface area contributed by atoms with Gasteiger partial charge in [0.1, 0.15) is 12.1 Å². The summed E-state index contributed by atoms with van der Waals surface area (Å²) in [6, 6.07) is 4.97. The lowest BCUT2D eigenvalue weighted by Crippen LogP contribution is -2.35. The minimum absolute atomic E-state index is 0.0841. The highest BCUT2D eigenvalue weighted by atomic mass is 35.5. The van der Waals surface area contributed by atoms with Gasteiger partial charge in [-0.15, -0.1) is 0 Å². The molecule has 3 aromatic rings. The zero-order valence-corrected chi connectivity index (χ0v) is 21.7. The van der Waals surface area contributed by atoms with E-state index < -0.39 is 11.7 Å². The van der Waals surface area contributed by atoms with Crippen LogP contribution in [0.15, 0.2) is 24.4 Å². The summed E-state index contributed by atoms with van der Waals surface area (Å²) in [5.74, 6) is -0.373. The molecule has 0 bridgehead atoms. The van der Waals surface area contributed by atoms with Crippen LogP contribution in [0.5, 0.6) is 5.88 Å². The fraction of sp³-hybridized carbons (Fsp3) is 0.375. The summed E-state index contributed by atoms with van der Waals surface area (Å²) in [6.07, 6.45) is 1.01. The molecule has 0 unspecified atom stereocenters. The first kappa shape index (κ1) is 25.6. The number of halogens is 2. The molecule has 182 valence electrons. The van der Waals surface area contributed by atoms with Gasteiger partial charge in [0.2, 0.25) is 11.8 Å². The van der Waals surface area contributed by atoms with Gasteiger partial charge in [-0.3, -0.25) is 9.69 Å². The number of hydrogen-bond acceptors (Lipinski definition) is 5. The maximum absolute atomic E-state index is 13.0. The number of aromatic hydroxyl groups is 1. The highest BCUT2D eigenvalue weighted by Crippen LogP contribution is 2.46. The Labute approximate surface area is 208 Å². The van der Waals surface area contributed by atoms with E-state index >= 15 is 0 Å². The van der Waals surface area contributed by atoms with Gasteiger partial charge in [-0.2, -0.15) is 0 Å². The minimum Gasteiger partial charge on any atom is -0.494 e. The first-order chi connectivity index (χ1) is 15.7. The summed E-state index contributed by atoms with van der Waals surface area (Å²) < 4.78 is 6.98. The first-order valence-corrected chi connectivity index (χ1v) is 11.3. The molecule has 34 heavy (non-hydrogen) atoms.